The van der Waals surface area contributed by atoms with Gasteiger partial charge in [-0.3, -0.25) is 15.0 Å². The number of alkyl halides is 1. The molecule has 0 unspecified atom stereocenters. The molecule has 3 rings (SSSR count). The molecule has 3 N–H and O–H groups in total. The van der Waals surface area contributed by atoms with Gasteiger partial charge in [-0.15, -0.1) is 0 Å². The summed E-state index contributed by atoms with van der Waals surface area (Å²) in [5, 5.41) is 17.5. The second-order valence-corrected chi connectivity index (χ2v) is 8.91. The normalized spacial score (nSPS) is 15.0. The molecule has 1 fully saturated rings. The third kappa shape index (κ3) is 4.42. The summed E-state index contributed by atoms with van der Waals surface area (Å²) >= 11 is 0. The second kappa shape index (κ2) is 9.10. The van der Waals surface area contributed by atoms with Gasteiger partial charge in [-0.1, -0.05) is 18.2 Å². The number of amides is 2. The lowest BCUT2D eigenvalue weighted by Gasteiger charge is -2.45. The van der Waals surface area contributed by atoms with Gasteiger partial charge in [-0.05, 0) is 55.7 Å². The molecule has 0 bridgehead atoms. The Labute approximate surface area is 198 Å². The van der Waals surface area contributed by atoms with Crippen LogP contribution in [0.2, 0.25) is 0 Å². The van der Waals surface area contributed by atoms with Crippen LogP contribution < -0.4 is 5.73 Å². The number of rotatable bonds is 5. The van der Waals surface area contributed by atoms with Crippen molar-refractivity contribution in [3.05, 3.63) is 81.0 Å². The van der Waals surface area contributed by atoms with E-state index in [-0.39, 0.29) is 30.4 Å². The van der Waals surface area contributed by atoms with E-state index in [4.69, 9.17) is 16.4 Å². The fourth-order valence-corrected chi connectivity index (χ4v) is 3.99. The number of halogens is 1. The Hall–Kier alpha value is -3.99. The first-order valence-corrected chi connectivity index (χ1v) is 10.8. The number of nitrogens with one attached hydrogen (secondary N) is 1. The fraction of sp³-hybridized carbons (Fsp3) is 0.308. The van der Waals surface area contributed by atoms with Gasteiger partial charge in [0.25, 0.3) is 11.8 Å². The molecule has 0 saturated carbocycles. The van der Waals surface area contributed by atoms with Crippen molar-refractivity contribution in [1.29, 1.82) is 10.7 Å². The number of carbonyl (C=O) groups excluding carboxylic acids is 2. The molecular weight excluding hydrogens is 433 g/mol. The van der Waals surface area contributed by atoms with Crippen LogP contribution in [0, 0.1) is 30.6 Å². The Morgan fingerprint density at radius 1 is 1.12 bits per heavy atom. The highest BCUT2D eigenvalue weighted by atomic mass is 19.1. The first-order valence-electron chi connectivity index (χ1n) is 10.8. The van der Waals surface area contributed by atoms with Crippen LogP contribution in [0.15, 0.2) is 47.7 Å². The highest BCUT2D eigenvalue weighted by molar-refractivity contribution is 6.16. The molecule has 0 radical (unpaired) electrons. The molecule has 8 heteroatoms. The number of nitrogens with zero attached hydrogens (tertiary/aromatic N) is 3. The van der Waals surface area contributed by atoms with Crippen molar-refractivity contribution in [1.82, 2.24) is 9.80 Å². The lowest BCUT2D eigenvalue weighted by atomic mass is 9.86. The van der Waals surface area contributed by atoms with Crippen molar-refractivity contribution < 1.29 is 14.0 Å². The van der Waals surface area contributed by atoms with Gasteiger partial charge < -0.3 is 15.5 Å². The van der Waals surface area contributed by atoms with Crippen LogP contribution in [0.25, 0.3) is 0 Å². The molecule has 2 amide bonds. The van der Waals surface area contributed by atoms with E-state index in [0.717, 1.165) is 5.56 Å². The first-order chi connectivity index (χ1) is 15.9. The third-order valence-electron chi connectivity index (χ3n) is 6.19. The summed E-state index contributed by atoms with van der Waals surface area (Å²) in [6, 6.07) is 11.7. The molecule has 2 aromatic rings. The quantitative estimate of drug-likeness (QED) is 0.526. The van der Waals surface area contributed by atoms with Gasteiger partial charge in [0.15, 0.2) is 5.67 Å². The molecule has 34 heavy (non-hydrogen) atoms. The van der Waals surface area contributed by atoms with E-state index >= 15 is 4.39 Å². The summed E-state index contributed by atoms with van der Waals surface area (Å²) in [5.74, 6) is -0.724. The predicted octanol–water partition coefficient (Wildman–Crippen LogP) is 3.18. The Bertz CT molecular complexity index is 1250. The van der Waals surface area contributed by atoms with E-state index in [1.54, 1.807) is 64.3 Å². The van der Waals surface area contributed by atoms with Crippen LogP contribution >= 0.6 is 0 Å². The predicted molar refractivity (Wildman–Crippen MR) is 128 cm³/mol. The topological polar surface area (TPSA) is 114 Å². The number of likely N-dealkylation sites (tertiary alicyclic amines) is 1. The molecule has 7 nitrogen and oxygen atoms in total. The van der Waals surface area contributed by atoms with E-state index in [0.29, 0.717) is 33.4 Å². The molecule has 1 saturated heterocycles. The summed E-state index contributed by atoms with van der Waals surface area (Å²) in [6.45, 7) is 5.03. The maximum atomic E-state index is 15.3. The summed E-state index contributed by atoms with van der Waals surface area (Å²) in [6.07, 6.45) is 0. The number of allylic oxidation sites excluding steroid dienone is 1. The summed E-state index contributed by atoms with van der Waals surface area (Å²) in [4.78, 5) is 28.2. The Morgan fingerprint density at radius 3 is 2.21 bits per heavy atom. The van der Waals surface area contributed by atoms with E-state index in [1.165, 1.54) is 9.80 Å². The van der Waals surface area contributed by atoms with Gasteiger partial charge in [0.1, 0.15) is 5.70 Å². The van der Waals surface area contributed by atoms with Gasteiger partial charge in [0, 0.05) is 30.8 Å². The highest BCUT2D eigenvalue weighted by Gasteiger charge is 2.47. The number of nitriles is 1. The lowest BCUT2D eigenvalue weighted by molar-refractivity contribution is -0.124. The smallest absolute Gasteiger partial charge is 0.269 e. The highest BCUT2D eigenvalue weighted by Crippen LogP contribution is 2.37. The monoisotopic (exact) mass is 461 g/mol. The van der Waals surface area contributed by atoms with Crippen molar-refractivity contribution >= 4 is 17.5 Å². The van der Waals surface area contributed by atoms with Crippen molar-refractivity contribution in [3.8, 4) is 6.07 Å². The average Bonchev–Trinajstić information content (AvgIpc) is 2.79. The minimum absolute atomic E-state index is 0.0322. The van der Waals surface area contributed by atoms with Crippen molar-refractivity contribution in [2.75, 3.05) is 27.2 Å². The maximum Gasteiger partial charge on any atom is 0.269 e. The number of benzene rings is 2. The van der Waals surface area contributed by atoms with E-state index in [2.05, 4.69) is 0 Å². The Balaban J connectivity index is 1.86. The van der Waals surface area contributed by atoms with Crippen LogP contribution in [0.5, 0.6) is 0 Å². The lowest BCUT2D eigenvalue weighted by Crippen LogP contribution is -2.58. The minimum atomic E-state index is -1.67. The third-order valence-corrected chi connectivity index (χ3v) is 6.19. The summed E-state index contributed by atoms with van der Waals surface area (Å²) in [7, 11) is 3.16. The zero-order chi connectivity index (χ0) is 25.4. The molecule has 2 aromatic carbocycles. The number of hydrogen-bond acceptors (Lipinski definition) is 5. The van der Waals surface area contributed by atoms with Crippen LogP contribution in [-0.2, 0) is 10.5 Å². The SMILES string of the molecule is C/C(C(=N)c1cc(C(=O)N2CC(F)(c3ccc(C#N)cc3)C2)c(C)cc1C)=C(/N)C(=O)N(C)C. The van der Waals surface area contributed by atoms with Gasteiger partial charge in [0.2, 0.25) is 0 Å². The molecule has 0 spiro atoms. The molecule has 1 heterocycles. The zero-order valence-electron chi connectivity index (χ0n) is 20.0. The van der Waals surface area contributed by atoms with Crippen LogP contribution in [0.4, 0.5) is 4.39 Å². The molecule has 176 valence electrons. The molecular formula is C26H28FN5O2. The molecule has 0 aliphatic carbocycles. The van der Waals surface area contributed by atoms with E-state index < -0.39 is 11.6 Å². The van der Waals surface area contributed by atoms with Crippen LogP contribution in [-0.4, -0.2) is 54.5 Å². The summed E-state index contributed by atoms with van der Waals surface area (Å²) in [5.41, 5.74) is 7.86. The molecule has 1 aliphatic heterocycles. The first kappa shape index (κ1) is 24.6. The fourth-order valence-electron chi connectivity index (χ4n) is 3.99. The van der Waals surface area contributed by atoms with Gasteiger partial charge in [0.05, 0.1) is 30.4 Å². The molecule has 1 aliphatic rings. The number of aryl methyl sites for hydroxylation is 2. The van der Waals surface area contributed by atoms with Crippen molar-refractivity contribution in [2.45, 2.75) is 26.4 Å². The van der Waals surface area contributed by atoms with Crippen molar-refractivity contribution in [2.24, 2.45) is 5.73 Å². The number of carbonyl (C=O) groups is 2. The molecule has 0 atom stereocenters. The zero-order valence-corrected chi connectivity index (χ0v) is 20.0. The maximum absolute atomic E-state index is 15.3. The Kier molecular flexibility index (Phi) is 6.60. The Morgan fingerprint density at radius 2 is 1.68 bits per heavy atom. The van der Waals surface area contributed by atoms with Crippen molar-refractivity contribution in [3.63, 3.8) is 0 Å². The number of hydrogen-bond donors (Lipinski definition) is 2. The second-order valence-electron chi connectivity index (χ2n) is 8.91. The average molecular weight is 462 g/mol. The summed E-state index contributed by atoms with van der Waals surface area (Å²) < 4.78 is 15.3. The largest absolute Gasteiger partial charge is 0.394 e. The van der Waals surface area contributed by atoms with E-state index in [1.807, 2.05) is 13.0 Å². The minimum Gasteiger partial charge on any atom is -0.394 e. The van der Waals surface area contributed by atoms with Gasteiger partial charge >= 0.3 is 0 Å². The van der Waals surface area contributed by atoms with Crippen LogP contribution in [0.3, 0.4) is 0 Å². The number of likely N-dealkylation sites (N-methyl/N-ethyl adjacent to an activating group) is 1. The van der Waals surface area contributed by atoms with Gasteiger partial charge in [-0.25, -0.2) is 4.39 Å². The van der Waals surface area contributed by atoms with Gasteiger partial charge in [-0.2, -0.15) is 5.26 Å². The standard InChI is InChI=1S/C26H28FN5O2/c1-15-10-16(2)21(11-20(15)22(29)17(3)23(30)25(34)31(4)5)24(33)32-13-26(27,14-32)19-8-6-18(12-28)7-9-19/h6-11,29H,13-14,30H2,1-5H3/b23-17-,29-22?. The van der Waals surface area contributed by atoms with E-state index in [9.17, 15) is 9.59 Å². The van der Waals surface area contributed by atoms with Crippen LogP contribution in [0.1, 0.15) is 45.1 Å². The molecule has 0 aromatic heterocycles. The number of nitrogens with two attached hydrogens (primary N) is 1.